The number of carbonyl (C=O) groups is 2. The molecule has 1 aromatic carbocycles. The maximum absolute atomic E-state index is 11.1. The summed E-state index contributed by atoms with van der Waals surface area (Å²) in [5.41, 5.74) is 0.836. The second-order valence-electron chi connectivity index (χ2n) is 6.64. The average molecular weight is 371 g/mol. The van der Waals surface area contributed by atoms with Gasteiger partial charge in [-0.1, -0.05) is 44.2 Å². The first-order valence-corrected chi connectivity index (χ1v) is 9.07. The van der Waals surface area contributed by atoms with E-state index >= 15 is 0 Å². The van der Waals surface area contributed by atoms with Crippen LogP contribution in [0.1, 0.15) is 73.4 Å². The first kappa shape index (κ1) is 21.3. The number of rotatable bonds is 11. The van der Waals surface area contributed by atoms with Crippen molar-refractivity contribution in [2.75, 3.05) is 0 Å². The molecule has 140 valence electrons. The minimum absolute atomic E-state index is 0.113. The smallest absolute Gasteiger partial charge is 0.303 e. The fraction of sp³-hybridized carbons (Fsp3) is 0.579. The Morgan fingerprint density at radius 1 is 1.12 bits per heavy atom. The number of carbonyl (C=O) groups excluding carboxylic acids is 1. The predicted molar refractivity (Wildman–Crippen MR) is 97.7 cm³/mol. The molecule has 0 radical (unpaired) electrons. The van der Waals surface area contributed by atoms with Gasteiger partial charge < -0.3 is 15.3 Å². The van der Waals surface area contributed by atoms with Gasteiger partial charge in [-0.25, -0.2) is 0 Å². The lowest BCUT2D eigenvalue weighted by atomic mass is 9.96. The van der Waals surface area contributed by atoms with Crippen molar-refractivity contribution in [2.24, 2.45) is 5.92 Å². The van der Waals surface area contributed by atoms with Gasteiger partial charge >= 0.3 is 5.97 Å². The maximum atomic E-state index is 11.1. The Morgan fingerprint density at radius 2 is 1.76 bits per heavy atom. The van der Waals surface area contributed by atoms with Crippen LogP contribution in [0.5, 0.6) is 11.5 Å². The number of aldehydes is 1. The number of aromatic hydroxyl groups is 2. The maximum Gasteiger partial charge on any atom is 0.303 e. The molecular formula is C19H27ClO5. The van der Waals surface area contributed by atoms with Crippen LogP contribution in [-0.2, 0) is 11.2 Å². The fourth-order valence-corrected chi connectivity index (χ4v) is 3.14. The summed E-state index contributed by atoms with van der Waals surface area (Å²) in [6.45, 7) is 3.65. The van der Waals surface area contributed by atoms with E-state index in [-0.39, 0.29) is 28.5 Å². The third kappa shape index (κ3) is 6.24. The van der Waals surface area contributed by atoms with Crippen LogP contribution in [0.25, 0.3) is 0 Å². The van der Waals surface area contributed by atoms with Crippen molar-refractivity contribution in [1.82, 2.24) is 0 Å². The van der Waals surface area contributed by atoms with Crippen LogP contribution in [-0.4, -0.2) is 27.6 Å². The van der Waals surface area contributed by atoms with Crippen molar-refractivity contribution in [3.05, 3.63) is 21.7 Å². The molecule has 0 saturated carbocycles. The Labute approximate surface area is 153 Å². The molecule has 6 heteroatoms. The van der Waals surface area contributed by atoms with Crippen LogP contribution in [0.15, 0.2) is 0 Å². The molecule has 3 N–H and O–H groups in total. The highest BCUT2D eigenvalue weighted by atomic mass is 35.5. The van der Waals surface area contributed by atoms with Crippen molar-refractivity contribution in [3.63, 3.8) is 0 Å². The predicted octanol–water partition coefficient (Wildman–Crippen LogP) is 4.87. The zero-order valence-corrected chi connectivity index (χ0v) is 15.6. The number of halogens is 1. The molecule has 0 saturated heterocycles. The van der Waals surface area contributed by atoms with Crippen molar-refractivity contribution < 1.29 is 24.9 Å². The number of benzene rings is 1. The zero-order valence-electron chi connectivity index (χ0n) is 14.8. The molecule has 0 amide bonds. The zero-order chi connectivity index (χ0) is 19.0. The van der Waals surface area contributed by atoms with E-state index in [1.165, 1.54) is 0 Å². The summed E-state index contributed by atoms with van der Waals surface area (Å²) < 4.78 is 0. The van der Waals surface area contributed by atoms with Gasteiger partial charge in [-0.2, -0.15) is 0 Å². The Bertz CT molecular complexity index is 613. The normalized spacial score (nSPS) is 12.1. The van der Waals surface area contributed by atoms with Crippen LogP contribution in [0.4, 0.5) is 0 Å². The first-order chi connectivity index (χ1) is 11.8. The Kier molecular flexibility index (Phi) is 8.76. The minimum Gasteiger partial charge on any atom is -0.507 e. The number of hydrogen-bond donors (Lipinski definition) is 3. The molecule has 1 unspecified atom stereocenters. The Hall–Kier alpha value is -1.75. The largest absolute Gasteiger partial charge is 0.507 e. The van der Waals surface area contributed by atoms with Crippen LogP contribution in [0, 0.1) is 12.8 Å². The van der Waals surface area contributed by atoms with Crippen molar-refractivity contribution in [2.45, 2.75) is 65.2 Å². The average Bonchev–Trinajstić information content (AvgIpc) is 2.57. The lowest BCUT2D eigenvalue weighted by molar-refractivity contribution is -0.137. The quantitative estimate of drug-likeness (QED) is 0.381. The SMILES string of the molecule is Cc1c(Cl)c(O)c(CCCCCCC(C)CCC(=O)O)c(O)c1C=O. The van der Waals surface area contributed by atoms with E-state index in [0.717, 1.165) is 32.1 Å². The number of phenols is 2. The molecule has 0 bridgehead atoms. The standard InChI is InChI=1S/C19H27ClO5/c1-12(9-10-16(22)23)7-5-3-4-6-8-14-18(24)15(11-21)13(2)17(20)19(14)25/h11-12,24-25H,3-10H2,1-2H3,(H,22,23). The topological polar surface area (TPSA) is 94.8 Å². The molecule has 1 atom stereocenters. The minimum atomic E-state index is -0.752. The first-order valence-electron chi connectivity index (χ1n) is 8.69. The number of aliphatic carboxylic acids is 1. The third-order valence-electron chi connectivity index (χ3n) is 4.61. The summed E-state index contributed by atoms with van der Waals surface area (Å²) in [5.74, 6) is -0.686. The Balaban J connectivity index is 2.44. The highest BCUT2D eigenvalue weighted by Gasteiger charge is 2.19. The third-order valence-corrected chi connectivity index (χ3v) is 5.07. The van der Waals surface area contributed by atoms with Crippen molar-refractivity contribution in [1.29, 1.82) is 0 Å². The van der Waals surface area contributed by atoms with E-state index in [9.17, 15) is 19.8 Å². The molecule has 1 aromatic rings. The summed E-state index contributed by atoms with van der Waals surface area (Å²) in [7, 11) is 0. The highest BCUT2D eigenvalue weighted by Crippen LogP contribution is 2.40. The van der Waals surface area contributed by atoms with Gasteiger partial charge in [0, 0.05) is 12.0 Å². The van der Waals surface area contributed by atoms with Gasteiger partial charge in [0.25, 0.3) is 0 Å². The van der Waals surface area contributed by atoms with Gasteiger partial charge in [-0.3, -0.25) is 9.59 Å². The number of carboxylic acid groups (broad SMARTS) is 1. The number of phenolic OH excluding ortho intramolecular Hbond substituents is 2. The summed E-state index contributed by atoms with van der Waals surface area (Å²) in [4.78, 5) is 21.6. The van der Waals surface area contributed by atoms with E-state index in [2.05, 4.69) is 6.92 Å². The van der Waals surface area contributed by atoms with E-state index in [0.29, 0.717) is 36.2 Å². The highest BCUT2D eigenvalue weighted by molar-refractivity contribution is 6.33. The number of hydrogen-bond acceptors (Lipinski definition) is 4. The molecular weight excluding hydrogens is 344 g/mol. The van der Waals surface area contributed by atoms with Gasteiger partial charge in [0.1, 0.15) is 11.5 Å². The fourth-order valence-electron chi connectivity index (χ4n) is 2.92. The van der Waals surface area contributed by atoms with E-state index in [1.54, 1.807) is 6.92 Å². The molecule has 0 aromatic heterocycles. The van der Waals surface area contributed by atoms with Crippen LogP contribution >= 0.6 is 11.6 Å². The van der Waals surface area contributed by atoms with Crippen molar-refractivity contribution in [3.8, 4) is 11.5 Å². The lowest BCUT2D eigenvalue weighted by Crippen LogP contribution is -2.01. The second kappa shape index (κ2) is 10.3. The van der Waals surface area contributed by atoms with E-state index < -0.39 is 5.97 Å². The molecule has 0 heterocycles. The van der Waals surface area contributed by atoms with Gasteiger partial charge in [-0.05, 0) is 37.7 Å². The van der Waals surface area contributed by atoms with Gasteiger partial charge in [0.15, 0.2) is 6.29 Å². The molecule has 0 spiro atoms. The lowest BCUT2D eigenvalue weighted by Gasteiger charge is -2.14. The second-order valence-corrected chi connectivity index (χ2v) is 7.01. The number of carboxylic acids is 1. The molecule has 0 fully saturated rings. The van der Waals surface area contributed by atoms with Crippen LogP contribution in [0.3, 0.4) is 0 Å². The summed E-state index contributed by atoms with van der Waals surface area (Å²) in [6, 6.07) is 0. The van der Waals surface area contributed by atoms with Gasteiger partial charge in [-0.15, -0.1) is 0 Å². The van der Waals surface area contributed by atoms with E-state index in [1.807, 2.05) is 0 Å². The summed E-state index contributed by atoms with van der Waals surface area (Å²) >= 11 is 6.03. The monoisotopic (exact) mass is 370 g/mol. The molecule has 25 heavy (non-hydrogen) atoms. The Morgan fingerprint density at radius 3 is 2.36 bits per heavy atom. The van der Waals surface area contributed by atoms with Crippen LogP contribution in [0.2, 0.25) is 5.02 Å². The van der Waals surface area contributed by atoms with Crippen molar-refractivity contribution >= 4 is 23.9 Å². The van der Waals surface area contributed by atoms with Gasteiger partial charge in [0.2, 0.25) is 0 Å². The number of unbranched alkanes of at least 4 members (excludes halogenated alkanes) is 3. The molecule has 0 aliphatic heterocycles. The molecule has 0 aliphatic carbocycles. The summed E-state index contributed by atoms with van der Waals surface area (Å²) in [6.07, 6.45) is 6.63. The molecule has 1 rings (SSSR count). The summed E-state index contributed by atoms with van der Waals surface area (Å²) in [5, 5.41) is 29.0. The molecule has 5 nitrogen and oxygen atoms in total. The van der Waals surface area contributed by atoms with E-state index in [4.69, 9.17) is 16.7 Å². The van der Waals surface area contributed by atoms with Crippen LogP contribution < -0.4 is 0 Å². The van der Waals surface area contributed by atoms with Gasteiger partial charge in [0.05, 0.1) is 10.6 Å². The molecule has 0 aliphatic rings.